The maximum atomic E-state index is 12.8. The van der Waals surface area contributed by atoms with Crippen LogP contribution in [0.1, 0.15) is 22.8 Å². The van der Waals surface area contributed by atoms with Gasteiger partial charge in [0.25, 0.3) is 17.5 Å². The zero-order valence-electron chi connectivity index (χ0n) is 19.4. The van der Waals surface area contributed by atoms with E-state index >= 15 is 0 Å². The van der Waals surface area contributed by atoms with Gasteiger partial charge in [-0.15, -0.1) is 10.2 Å². The van der Waals surface area contributed by atoms with Gasteiger partial charge >= 0.3 is 12.0 Å². The van der Waals surface area contributed by atoms with Gasteiger partial charge in [0.1, 0.15) is 11.9 Å². The average Bonchev–Trinajstić information content (AvgIpc) is 3.38. The number of ether oxygens (including phenoxy) is 1. The maximum absolute atomic E-state index is 12.8. The fourth-order valence-electron chi connectivity index (χ4n) is 3.42. The van der Waals surface area contributed by atoms with Crippen LogP contribution in [0.3, 0.4) is 0 Å². The number of urea groups is 1. The molecule has 4 amide bonds. The zero-order valence-corrected chi connectivity index (χ0v) is 20.2. The Morgan fingerprint density at radius 1 is 1.22 bits per heavy atom. The molecule has 1 fully saturated rings. The first-order valence-corrected chi connectivity index (χ1v) is 11.4. The lowest BCUT2D eigenvalue weighted by atomic mass is 9.92. The lowest BCUT2D eigenvalue weighted by molar-refractivity contribution is -0.387. The van der Waals surface area contributed by atoms with Crippen LogP contribution in [-0.2, 0) is 26.9 Å². The molecule has 1 saturated heterocycles. The summed E-state index contributed by atoms with van der Waals surface area (Å²) in [5.41, 5.74) is 0.682. The standard InChI is InChI=1S/C22H19N7O7S/c1-22(14-6-4-3-5-7-14)19(32)28(20(33)24-22)26-17(30)11-36-18(31)13-8-9-16(15(10-13)29(34)35)37-21-25-23-12-27(21)2/h3-10,12H,11H2,1-2H3,(H,24,33)(H,26,30). The number of rotatable bonds is 8. The van der Waals surface area contributed by atoms with Crippen LogP contribution in [-0.4, -0.2) is 55.1 Å². The third-order valence-corrected chi connectivity index (χ3v) is 6.49. The van der Waals surface area contributed by atoms with Crippen molar-refractivity contribution in [2.24, 2.45) is 7.05 Å². The van der Waals surface area contributed by atoms with Crippen LogP contribution in [0, 0.1) is 10.1 Å². The number of nitro benzene ring substituents is 1. The van der Waals surface area contributed by atoms with Crippen LogP contribution in [0.2, 0.25) is 0 Å². The Labute approximate surface area is 213 Å². The monoisotopic (exact) mass is 525 g/mol. The topological polar surface area (TPSA) is 179 Å². The molecule has 37 heavy (non-hydrogen) atoms. The number of hydrazine groups is 1. The predicted octanol–water partition coefficient (Wildman–Crippen LogP) is 1.53. The maximum Gasteiger partial charge on any atom is 0.344 e. The van der Waals surface area contributed by atoms with Crippen molar-refractivity contribution in [2.45, 2.75) is 22.5 Å². The number of hydrogen-bond acceptors (Lipinski definition) is 10. The van der Waals surface area contributed by atoms with Crippen molar-refractivity contribution >= 4 is 41.3 Å². The minimum Gasteiger partial charge on any atom is -0.452 e. The van der Waals surface area contributed by atoms with E-state index in [0.717, 1.165) is 17.8 Å². The van der Waals surface area contributed by atoms with Crippen LogP contribution < -0.4 is 10.7 Å². The highest BCUT2D eigenvalue weighted by molar-refractivity contribution is 7.99. The molecule has 1 unspecified atom stereocenters. The quantitative estimate of drug-likeness (QED) is 0.190. The molecule has 2 N–H and O–H groups in total. The summed E-state index contributed by atoms with van der Waals surface area (Å²) < 4.78 is 6.50. The van der Waals surface area contributed by atoms with Crippen LogP contribution >= 0.6 is 11.8 Å². The molecule has 4 rings (SSSR count). The number of aromatic nitrogens is 3. The van der Waals surface area contributed by atoms with Crippen molar-refractivity contribution in [3.05, 3.63) is 76.1 Å². The Hall–Kier alpha value is -4.79. The average molecular weight is 526 g/mol. The summed E-state index contributed by atoms with van der Waals surface area (Å²) >= 11 is 0.987. The molecule has 1 atom stereocenters. The summed E-state index contributed by atoms with van der Waals surface area (Å²) in [5, 5.41) is 22.5. The smallest absolute Gasteiger partial charge is 0.344 e. The van der Waals surface area contributed by atoms with Crippen LogP contribution in [0.4, 0.5) is 10.5 Å². The fourth-order valence-corrected chi connectivity index (χ4v) is 4.27. The number of carbonyl (C=O) groups excluding carboxylic acids is 4. The van der Waals surface area contributed by atoms with Crippen molar-refractivity contribution in [1.29, 1.82) is 0 Å². The number of nitro groups is 1. The van der Waals surface area contributed by atoms with Crippen LogP contribution in [0.5, 0.6) is 0 Å². The van der Waals surface area contributed by atoms with Gasteiger partial charge in [-0.3, -0.25) is 25.1 Å². The molecule has 3 aromatic rings. The van der Waals surface area contributed by atoms with Gasteiger partial charge in [0.05, 0.1) is 15.4 Å². The number of nitrogens with one attached hydrogen (secondary N) is 2. The van der Waals surface area contributed by atoms with E-state index in [2.05, 4.69) is 20.9 Å². The largest absolute Gasteiger partial charge is 0.452 e. The Balaban J connectivity index is 1.39. The third kappa shape index (κ3) is 5.11. The molecule has 0 radical (unpaired) electrons. The molecule has 0 aliphatic carbocycles. The first-order chi connectivity index (χ1) is 17.6. The highest BCUT2D eigenvalue weighted by Crippen LogP contribution is 2.34. The lowest BCUT2D eigenvalue weighted by Crippen LogP contribution is -2.49. The number of amides is 4. The first kappa shape index (κ1) is 25.3. The van der Waals surface area contributed by atoms with Crippen molar-refractivity contribution in [2.75, 3.05) is 6.61 Å². The van der Waals surface area contributed by atoms with Gasteiger partial charge in [0.2, 0.25) is 0 Å². The van der Waals surface area contributed by atoms with Gasteiger partial charge in [0, 0.05) is 13.1 Å². The highest BCUT2D eigenvalue weighted by atomic mass is 32.2. The Morgan fingerprint density at radius 2 is 1.95 bits per heavy atom. The van der Waals surface area contributed by atoms with Crippen LogP contribution in [0.25, 0.3) is 0 Å². The minimum absolute atomic E-state index is 0.173. The highest BCUT2D eigenvalue weighted by Gasteiger charge is 2.50. The summed E-state index contributed by atoms with van der Waals surface area (Å²) in [7, 11) is 1.67. The Bertz CT molecular complexity index is 1410. The van der Waals surface area contributed by atoms with Gasteiger partial charge < -0.3 is 14.6 Å². The second-order valence-electron chi connectivity index (χ2n) is 7.94. The number of nitrogens with zero attached hydrogens (tertiary/aromatic N) is 5. The number of benzene rings is 2. The molecule has 2 aromatic carbocycles. The van der Waals surface area contributed by atoms with E-state index in [4.69, 9.17) is 4.74 Å². The van der Waals surface area contributed by atoms with Gasteiger partial charge in [0.15, 0.2) is 11.8 Å². The fraction of sp³-hybridized carbons (Fsp3) is 0.182. The predicted molar refractivity (Wildman–Crippen MR) is 126 cm³/mol. The van der Waals surface area contributed by atoms with Gasteiger partial charge in [-0.05, 0) is 36.4 Å². The lowest BCUT2D eigenvalue weighted by Gasteiger charge is -2.22. The molecular weight excluding hydrogens is 506 g/mol. The Morgan fingerprint density at radius 3 is 2.59 bits per heavy atom. The van der Waals surface area contributed by atoms with Gasteiger partial charge in [-0.1, -0.05) is 30.3 Å². The molecule has 0 bridgehead atoms. The minimum atomic E-state index is -1.40. The van der Waals surface area contributed by atoms with Crippen molar-refractivity contribution < 1.29 is 28.8 Å². The normalized spacial score (nSPS) is 16.9. The van der Waals surface area contributed by atoms with E-state index < -0.39 is 40.9 Å². The molecule has 190 valence electrons. The van der Waals surface area contributed by atoms with E-state index in [1.807, 2.05) is 0 Å². The van der Waals surface area contributed by atoms with Crippen molar-refractivity contribution in [1.82, 2.24) is 30.5 Å². The van der Waals surface area contributed by atoms with Crippen molar-refractivity contribution in [3.63, 3.8) is 0 Å². The number of esters is 1. The molecule has 0 saturated carbocycles. The first-order valence-electron chi connectivity index (χ1n) is 10.6. The van der Waals surface area contributed by atoms with E-state index in [0.29, 0.717) is 15.7 Å². The molecule has 15 heteroatoms. The number of hydrogen-bond donors (Lipinski definition) is 2. The van der Waals surface area contributed by atoms with E-state index in [1.165, 1.54) is 25.4 Å². The summed E-state index contributed by atoms with van der Waals surface area (Å²) in [4.78, 5) is 61.0. The Kier molecular flexibility index (Phi) is 6.88. The third-order valence-electron chi connectivity index (χ3n) is 5.38. The number of aryl methyl sites for hydroxylation is 1. The van der Waals surface area contributed by atoms with Crippen LogP contribution in [0.15, 0.2) is 64.9 Å². The number of carbonyl (C=O) groups is 4. The SMILES string of the molecule is Cn1cnnc1Sc1ccc(C(=O)OCC(=O)NN2C(=O)NC(C)(c3ccccc3)C2=O)cc1[N+](=O)[O-]. The van der Waals surface area contributed by atoms with Crippen molar-refractivity contribution in [3.8, 4) is 0 Å². The molecule has 1 aliphatic rings. The van der Waals surface area contributed by atoms with E-state index in [1.54, 1.807) is 41.9 Å². The molecule has 1 aromatic heterocycles. The van der Waals surface area contributed by atoms with E-state index in [-0.39, 0.29) is 16.1 Å². The summed E-state index contributed by atoms with van der Waals surface area (Å²) in [6, 6.07) is 11.3. The van der Waals surface area contributed by atoms with Gasteiger partial charge in [-0.25, -0.2) is 9.59 Å². The van der Waals surface area contributed by atoms with Gasteiger partial charge in [-0.2, -0.15) is 5.01 Å². The zero-order chi connectivity index (χ0) is 26.7. The molecule has 1 aliphatic heterocycles. The summed E-state index contributed by atoms with van der Waals surface area (Å²) in [6.07, 6.45) is 1.44. The second-order valence-corrected chi connectivity index (χ2v) is 8.95. The molecule has 0 spiro atoms. The number of imide groups is 1. The molecule has 14 nitrogen and oxygen atoms in total. The molecular formula is C22H19N7O7S. The summed E-state index contributed by atoms with van der Waals surface area (Å²) in [6.45, 7) is 0.648. The molecule has 2 heterocycles. The second kappa shape index (κ2) is 10.1. The van der Waals surface area contributed by atoms with E-state index in [9.17, 15) is 29.3 Å². The summed E-state index contributed by atoms with van der Waals surface area (Å²) in [5.74, 6) is -2.70.